The Bertz CT molecular complexity index is 758. The van der Waals surface area contributed by atoms with Crippen LogP contribution in [0.3, 0.4) is 0 Å². The van der Waals surface area contributed by atoms with Gasteiger partial charge in [0.1, 0.15) is 12.6 Å². The van der Waals surface area contributed by atoms with Gasteiger partial charge in [-0.1, -0.05) is 43.0 Å². The Hall–Kier alpha value is -2.02. The van der Waals surface area contributed by atoms with Gasteiger partial charge in [0.2, 0.25) is 11.0 Å². The molecule has 2 rings (SSSR count). The lowest BCUT2D eigenvalue weighted by Crippen LogP contribution is -2.44. The summed E-state index contributed by atoms with van der Waals surface area (Å²) in [7, 11) is 0. The molecule has 1 unspecified atom stereocenters. The molecule has 1 fully saturated rings. The number of thioether (sulfide) groups is 1. The minimum atomic E-state index is -0.628. The van der Waals surface area contributed by atoms with Gasteiger partial charge < -0.3 is 15.4 Å². The zero-order chi connectivity index (χ0) is 23.0. The molecule has 1 amide bonds. The van der Waals surface area contributed by atoms with Gasteiger partial charge in [-0.25, -0.2) is 9.63 Å². The summed E-state index contributed by atoms with van der Waals surface area (Å²) >= 11 is 1.04. The van der Waals surface area contributed by atoms with Crippen LogP contribution < -0.4 is 5.73 Å². The Labute approximate surface area is 185 Å². The molecule has 0 radical (unpaired) electrons. The van der Waals surface area contributed by atoms with Crippen LogP contribution in [-0.4, -0.2) is 62.1 Å². The Morgan fingerprint density at radius 3 is 2.39 bits per heavy atom. The molecule has 0 spiro atoms. The number of benzene rings is 1. The van der Waals surface area contributed by atoms with E-state index in [1.165, 1.54) is 0 Å². The molecule has 0 bridgehead atoms. The number of esters is 1. The highest BCUT2D eigenvalue weighted by Gasteiger charge is 2.37. The Balaban J connectivity index is 1.85. The van der Waals surface area contributed by atoms with E-state index < -0.39 is 24.0 Å². The SMILES string of the molecule is CC(N)C(=O)SC[C@@H](C)C(=O)N1CCC[C@H]1C(=O)OCc1ccc(CON(O)O)cc1. The number of rotatable bonds is 10. The van der Waals surface area contributed by atoms with E-state index in [1.54, 1.807) is 43.0 Å². The van der Waals surface area contributed by atoms with Crippen LogP contribution in [0.2, 0.25) is 0 Å². The lowest BCUT2D eigenvalue weighted by molar-refractivity contribution is -0.497. The molecule has 1 heterocycles. The summed E-state index contributed by atoms with van der Waals surface area (Å²) in [6, 6.07) is 5.68. The van der Waals surface area contributed by atoms with Crippen LogP contribution in [0, 0.1) is 5.92 Å². The van der Waals surface area contributed by atoms with Gasteiger partial charge in [-0.15, -0.1) is 0 Å². The number of ether oxygens (including phenoxy) is 1. The van der Waals surface area contributed by atoms with E-state index in [-0.39, 0.29) is 29.6 Å². The molecular weight excluding hydrogens is 426 g/mol. The van der Waals surface area contributed by atoms with Crippen LogP contribution in [-0.2, 0) is 37.2 Å². The van der Waals surface area contributed by atoms with E-state index in [2.05, 4.69) is 4.84 Å². The molecule has 0 aliphatic carbocycles. The Kier molecular flexibility index (Phi) is 9.88. The predicted molar refractivity (Wildman–Crippen MR) is 111 cm³/mol. The number of hydrogen-bond donors (Lipinski definition) is 3. The average Bonchev–Trinajstić information content (AvgIpc) is 3.24. The number of nitrogens with zero attached hydrogens (tertiary/aromatic N) is 2. The molecule has 3 atom stereocenters. The first-order valence-electron chi connectivity index (χ1n) is 9.97. The normalized spacial score (nSPS) is 18.1. The topological polar surface area (TPSA) is 143 Å². The second-order valence-corrected chi connectivity index (χ2v) is 8.48. The number of carbonyl (C=O) groups is 3. The highest BCUT2D eigenvalue weighted by atomic mass is 32.2. The van der Waals surface area contributed by atoms with Crippen molar-refractivity contribution in [3.05, 3.63) is 35.4 Å². The fraction of sp³-hybridized carbons (Fsp3) is 0.550. The van der Waals surface area contributed by atoms with Gasteiger partial charge in [0, 0.05) is 18.2 Å². The van der Waals surface area contributed by atoms with E-state index in [4.69, 9.17) is 20.9 Å². The lowest BCUT2D eigenvalue weighted by atomic mass is 10.1. The summed E-state index contributed by atoms with van der Waals surface area (Å²) in [6.07, 6.45) is 1.25. The van der Waals surface area contributed by atoms with Crippen molar-refractivity contribution in [3.63, 3.8) is 0 Å². The smallest absolute Gasteiger partial charge is 0.329 e. The maximum Gasteiger partial charge on any atom is 0.329 e. The van der Waals surface area contributed by atoms with Gasteiger partial charge in [0.15, 0.2) is 0 Å². The molecule has 4 N–H and O–H groups in total. The Morgan fingerprint density at radius 1 is 1.19 bits per heavy atom. The maximum atomic E-state index is 12.8. The van der Waals surface area contributed by atoms with Crippen molar-refractivity contribution in [1.82, 2.24) is 10.3 Å². The molecule has 172 valence electrons. The van der Waals surface area contributed by atoms with Crippen molar-refractivity contribution < 1.29 is 34.4 Å². The van der Waals surface area contributed by atoms with E-state index in [9.17, 15) is 14.4 Å². The molecule has 0 aromatic heterocycles. The molecule has 0 saturated carbocycles. The van der Waals surface area contributed by atoms with Crippen molar-refractivity contribution in [3.8, 4) is 0 Å². The first kappa shape index (κ1) is 25.2. The van der Waals surface area contributed by atoms with E-state index >= 15 is 0 Å². The van der Waals surface area contributed by atoms with Crippen molar-refractivity contribution >= 4 is 28.8 Å². The monoisotopic (exact) mass is 455 g/mol. The van der Waals surface area contributed by atoms with Crippen LogP contribution >= 0.6 is 11.8 Å². The largest absolute Gasteiger partial charge is 0.459 e. The van der Waals surface area contributed by atoms with Crippen molar-refractivity contribution in [1.29, 1.82) is 0 Å². The third-order valence-electron chi connectivity index (χ3n) is 4.83. The van der Waals surface area contributed by atoms with Crippen molar-refractivity contribution in [2.45, 2.75) is 52.0 Å². The summed E-state index contributed by atoms with van der Waals surface area (Å²) in [4.78, 5) is 43.1. The molecule has 1 aliphatic rings. The third-order valence-corrected chi connectivity index (χ3v) is 6.15. The second-order valence-electron chi connectivity index (χ2n) is 7.46. The van der Waals surface area contributed by atoms with Crippen LogP contribution in [0.25, 0.3) is 0 Å². The lowest BCUT2D eigenvalue weighted by Gasteiger charge is -2.26. The van der Waals surface area contributed by atoms with Gasteiger partial charge in [-0.2, -0.15) is 0 Å². The number of likely N-dealkylation sites (tertiary alicyclic amines) is 1. The van der Waals surface area contributed by atoms with E-state index in [0.717, 1.165) is 17.3 Å². The van der Waals surface area contributed by atoms with Crippen LogP contribution in [0.4, 0.5) is 0 Å². The fourth-order valence-corrected chi connectivity index (χ4v) is 3.90. The van der Waals surface area contributed by atoms with Gasteiger partial charge in [0.05, 0.1) is 18.0 Å². The highest BCUT2D eigenvalue weighted by Crippen LogP contribution is 2.23. The number of hydrogen-bond acceptors (Lipinski definition) is 10. The maximum absolute atomic E-state index is 12.8. The van der Waals surface area contributed by atoms with Crippen molar-refractivity contribution in [2.24, 2.45) is 11.7 Å². The van der Waals surface area contributed by atoms with Gasteiger partial charge in [-0.3, -0.25) is 20.0 Å². The Morgan fingerprint density at radius 2 is 1.81 bits per heavy atom. The van der Waals surface area contributed by atoms with Gasteiger partial charge in [0.25, 0.3) is 0 Å². The van der Waals surface area contributed by atoms with E-state index in [0.29, 0.717) is 30.7 Å². The molecule has 1 saturated heterocycles. The predicted octanol–water partition coefficient (Wildman–Crippen LogP) is 1.48. The number of nitrogens with two attached hydrogens (primary N) is 1. The second kappa shape index (κ2) is 12.1. The number of amides is 1. The molecule has 11 heteroatoms. The first-order valence-corrected chi connectivity index (χ1v) is 11.0. The molecule has 10 nitrogen and oxygen atoms in total. The average molecular weight is 456 g/mol. The van der Waals surface area contributed by atoms with Crippen molar-refractivity contribution in [2.75, 3.05) is 12.3 Å². The summed E-state index contributed by atoms with van der Waals surface area (Å²) in [5, 5.41) is 16.6. The quantitative estimate of drug-likeness (QED) is 0.351. The molecular formula is C20H29N3O7S. The summed E-state index contributed by atoms with van der Waals surface area (Å²) < 4.78 is 5.41. The summed E-state index contributed by atoms with van der Waals surface area (Å²) in [6.45, 7) is 3.85. The van der Waals surface area contributed by atoms with E-state index in [1.807, 2.05) is 0 Å². The first-order chi connectivity index (χ1) is 14.7. The fourth-order valence-electron chi connectivity index (χ4n) is 3.08. The minimum absolute atomic E-state index is 0.0293. The minimum Gasteiger partial charge on any atom is -0.459 e. The van der Waals surface area contributed by atoms with Gasteiger partial charge >= 0.3 is 5.97 Å². The van der Waals surface area contributed by atoms with Gasteiger partial charge in [-0.05, 0) is 30.9 Å². The standard InChI is InChI=1S/C20H29N3O7S/c1-13(12-31-20(26)14(2)21)18(24)22-9-3-4-17(22)19(25)29-10-15-5-7-16(8-6-15)11-30-23(27)28/h5-8,13-14,17,27-28H,3-4,9-12,21H2,1-2H3/t13-,14?,17+/m1/s1. The summed E-state index contributed by atoms with van der Waals surface area (Å²) in [5.41, 5.74) is 6.99. The molecule has 1 aromatic carbocycles. The molecule has 1 aliphatic heterocycles. The molecule has 31 heavy (non-hydrogen) atoms. The molecule has 1 aromatic rings. The zero-order valence-electron chi connectivity index (χ0n) is 17.6. The third kappa shape index (κ3) is 7.87. The number of carbonyl (C=O) groups excluding carboxylic acids is 3. The summed E-state index contributed by atoms with van der Waals surface area (Å²) in [5.74, 6) is -0.723. The van der Waals surface area contributed by atoms with Crippen LogP contribution in [0.1, 0.15) is 37.8 Å². The zero-order valence-corrected chi connectivity index (χ0v) is 18.4. The van der Waals surface area contributed by atoms with Crippen LogP contribution in [0.15, 0.2) is 24.3 Å². The highest BCUT2D eigenvalue weighted by molar-refractivity contribution is 8.13. The van der Waals surface area contributed by atoms with Crippen LogP contribution in [0.5, 0.6) is 0 Å².